The Kier molecular flexibility index (Phi) is 9.41. The Hall–Kier alpha value is -3.24. The first kappa shape index (κ1) is 33.3. The lowest BCUT2D eigenvalue weighted by atomic mass is 9.70. The Balaban J connectivity index is 1.05. The van der Waals surface area contributed by atoms with Crippen LogP contribution in [0.1, 0.15) is 86.1 Å². The van der Waals surface area contributed by atoms with Crippen molar-refractivity contribution >= 4 is 38.6 Å². The number of hydrogen-bond acceptors (Lipinski definition) is 5. The number of para-hydroxylation sites is 2. The Morgan fingerprint density at radius 2 is 1.65 bits per heavy atom. The smallest absolute Gasteiger partial charge is 0.253 e. The molecule has 0 spiro atoms. The lowest BCUT2D eigenvalue weighted by molar-refractivity contribution is 0.0606. The van der Waals surface area contributed by atoms with E-state index in [1.54, 1.807) is 6.07 Å². The van der Waals surface area contributed by atoms with Crippen molar-refractivity contribution in [1.82, 2.24) is 24.1 Å². The molecule has 3 aromatic carbocycles. The van der Waals surface area contributed by atoms with Gasteiger partial charge in [0.05, 0.1) is 16.1 Å². The van der Waals surface area contributed by atoms with Crippen molar-refractivity contribution in [2.45, 2.75) is 93.7 Å². The number of likely N-dealkylation sites (tertiary alicyclic amines) is 1. The Labute approximate surface area is 289 Å². The highest BCUT2D eigenvalue weighted by molar-refractivity contribution is 7.89. The fourth-order valence-electron chi connectivity index (χ4n) is 8.74. The number of rotatable bonds is 10. The third-order valence-corrected chi connectivity index (χ3v) is 13.2. The molecule has 4 heterocycles. The van der Waals surface area contributed by atoms with Crippen molar-refractivity contribution in [1.29, 1.82) is 0 Å². The maximum atomic E-state index is 13.7. The van der Waals surface area contributed by atoms with Gasteiger partial charge in [0.2, 0.25) is 10.0 Å². The highest BCUT2D eigenvalue weighted by Crippen LogP contribution is 2.45. The van der Waals surface area contributed by atoms with E-state index in [1.165, 1.54) is 36.1 Å². The summed E-state index contributed by atoms with van der Waals surface area (Å²) in [5.41, 5.74) is 4.02. The summed E-state index contributed by atoms with van der Waals surface area (Å²) in [7, 11) is -3.81. The van der Waals surface area contributed by atoms with Gasteiger partial charge in [-0.25, -0.2) is 18.1 Å². The zero-order valence-electron chi connectivity index (χ0n) is 27.9. The molecule has 1 aromatic heterocycles. The van der Waals surface area contributed by atoms with Crippen LogP contribution < -0.4 is 4.72 Å². The first-order chi connectivity index (χ1) is 23.2. The maximum Gasteiger partial charge on any atom is 0.253 e. The lowest BCUT2D eigenvalue weighted by Gasteiger charge is -2.45. The van der Waals surface area contributed by atoms with Crippen molar-refractivity contribution in [3.63, 3.8) is 0 Å². The molecular formula is C38H46ClN5O3S. The summed E-state index contributed by atoms with van der Waals surface area (Å²) < 4.78 is 30.8. The molecule has 1 amide bonds. The number of carbonyl (C=O) groups excluding carboxylic acids is 1. The van der Waals surface area contributed by atoms with Crippen molar-refractivity contribution in [2.24, 2.45) is 0 Å². The van der Waals surface area contributed by atoms with Crippen molar-refractivity contribution in [3.05, 3.63) is 94.8 Å². The minimum Gasteiger partial charge on any atom is -0.339 e. The van der Waals surface area contributed by atoms with Gasteiger partial charge in [-0.2, -0.15) is 0 Å². The van der Waals surface area contributed by atoms with Crippen LogP contribution in [0.15, 0.2) is 77.7 Å². The molecule has 3 atom stereocenters. The number of nitrogens with one attached hydrogen (secondary N) is 1. The summed E-state index contributed by atoms with van der Waals surface area (Å²) in [6, 6.07) is 25.6. The molecule has 0 radical (unpaired) electrons. The average molecular weight is 688 g/mol. The van der Waals surface area contributed by atoms with Crippen molar-refractivity contribution in [2.75, 3.05) is 26.2 Å². The number of halogens is 1. The van der Waals surface area contributed by atoms with Gasteiger partial charge >= 0.3 is 0 Å². The topological polar surface area (TPSA) is 87.5 Å². The summed E-state index contributed by atoms with van der Waals surface area (Å²) in [5.74, 6) is 0.964. The molecule has 48 heavy (non-hydrogen) atoms. The summed E-state index contributed by atoms with van der Waals surface area (Å²) in [5, 5.41) is 0.114. The summed E-state index contributed by atoms with van der Waals surface area (Å²) in [4.78, 5) is 23.2. The SMILES string of the molecule is CCCNS(=O)(=O)c1cc(C(=O)N2CCC(CCN3[C@@H]4CC[C@H]3C[C@@H](n3c(C)nc5ccccc53)C4)(c3ccccc3)CC2)ccc1Cl. The second-order valence-corrected chi connectivity index (χ2v) is 16.1. The van der Waals surface area contributed by atoms with Crippen LogP contribution in [0.4, 0.5) is 0 Å². The van der Waals surface area contributed by atoms with Gasteiger partial charge in [-0.3, -0.25) is 9.69 Å². The fourth-order valence-corrected chi connectivity index (χ4v) is 10.4. The van der Waals surface area contributed by atoms with Crippen LogP contribution in [0.3, 0.4) is 0 Å². The summed E-state index contributed by atoms with van der Waals surface area (Å²) in [6.45, 7) is 6.65. The number of hydrogen-bond donors (Lipinski definition) is 1. The maximum absolute atomic E-state index is 13.7. The first-order valence-electron chi connectivity index (χ1n) is 17.5. The van der Waals surface area contributed by atoms with Gasteiger partial charge in [-0.15, -0.1) is 0 Å². The van der Waals surface area contributed by atoms with E-state index >= 15 is 0 Å². The number of piperidine rings is 2. The third kappa shape index (κ3) is 6.30. The largest absolute Gasteiger partial charge is 0.339 e. The number of carbonyl (C=O) groups is 1. The van der Waals surface area contributed by atoms with Gasteiger partial charge in [-0.05, 0) is 106 Å². The monoisotopic (exact) mass is 687 g/mol. The number of amides is 1. The molecule has 7 rings (SSSR count). The van der Waals surface area contributed by atoms with Crippen molar-refractivity contribution in [3.8, 4) is 0 Å². The van der Waals surface area contributed by atoms with E-state index in [-0.39, 0.29) is 21.2 Å². The van der Waals surface area contributed by atoms with E-state index in [0.717, 1.165) is 50.0 Å². The molecule has 1 N–H and O–H groups in total. The Morgan fingerprint density at radius 3 is 2.35 bits per heavy atom. The molecule has 0 saturated carbocycles. The molecule has 3 saturated heterocycles. The highest BCUT2D eigenvalue weighted by atomic mass is 35.5. The normalized spacial score (nSPS) is 22.7. The molecule has 0 aliphatic carbocycles. The molecule has 254 valence electrons. The van der Waals surface area contributed by atoms with Crippen LogP contribution >= 0.6 is 11.6 Å². The zero-order valence-corrected chi connectivity index (χ0v) is 29.5. The van der Waals surface area contributed by atoms with Gasteiger partial charge in [-0.1, -0.05) is 61.0 Å². The fraction of sp³-hybridized carbons (Fsp3) is 0.474. The van der Waals surface area contributed by atoms with E-state index in [2.05, 4.69) is 75.7 Å². The summed E-state index contributed by atoms with van der Waals surface area (Å²) >= 11 is 6.29. The number of aryl methyl sites for hydroxylation is 1. The second kappa shape index (κ2) is 13.6. The van der Waals surface area contributed by atoms with Crippen LogP contribution in [0.5, 0.6) is 0 Å². The van der Waals surface area contributed by atoms with Gasteiger partial charge in [0.15, 0.2) is 0 Å². The predicted octanol–water partition coefficient (Wildman–Crippen LogP) is 7.12. The number of fused-ring (bicyclic) bond motifs is 3. The van der Waals surface area contributed by atoms with E-state index < -0.39 is 10.0 Å². The van der Waals surface area contributed by atoms with E-state index in [9.17, 15) is 13.2 Å². The minimum absolute atomic E-state index is 0.0238. The minimum atomic E-state index is -3.81. The number of sulfonamides is 1. The molecule has 0 unspecified atom stereocenters. The highest BCUT2D eigenvalue weighted by Gasteiger charge is 2.44. The van der Waals surface area contributed by atoms with Gasteiger partial charge in [0, 0.05) is 43.3 Å². The molecule has 8 nitrogen and oxygen atoms in total. The van der Waals surface area contributed by atoms with E-state index in [0.29, 0.717) is 49.7 Å². The zero-order chi connectivity index (χ0) is 33.5. The van der Waals surface area contributed by atoms with Gasteiger partial charge in [0.1, 0.15) is 10.7 Å². The van der Waals surface area contributed by atoms with Crippen LogP contribution in [-0.2, 0) is 15.4 Å². The van der Waals surface area contributed by atoms with Crippen molar-refractivity contribution < 1.29 is 13.2 Å². The summed E-state index contributed by atoms with van der Waals surface area (Å²) in [6.07, 6.45) is 8.26. The molecule has 3 aliphatic rings. The standard InChI is InChI=1S/C38H46ClN5O3S/c1-3-20-40-48(46,47)36-24-28(13-16-33(36)39)37(45)42-21-17-38(18-22-42,29-9-5-4-6-10-29)19-23-43-30-14-15-31(43)26-32(25-30)44-27(2)41-34-11-7-8-12-35(34)44/h4-13,16,24,30-32,40H,3,14-15,17-23,25-26H2,1-2H3/t30-,31+,32+. The lowest BCUT2D eigenvalue weighted by Crippen LogP contribution is -2.49. The molecular weight excluding hydrogens is 642 g/mol. The Bertz CT molecular complexity index is 1870. The van der Waals surface area contributed by atoms with Crippen LogP contribution in [-0.4, -0.2) is 71.9 Å². The molecule has 2 bridgehead atoms. The number of benzene rings is 3. The van der Waals surface area contributed by atoms with Crippen LogP contribution in [0.25, 0.3) is 11.0 Å². The van der Waals surface area contributed by atoms with E-state index in [1.807, 2.05) is 11.8 Å². The molecule has 3 aliphatic heterocycles. The second-order valence-electron chi connectivity index (χ2n) is 14.0. The predicted molar refractivity (Wildman–Crippen MR) is 191 cm³/mol. The van der Waals surface area contributed by atoms with Crippen LogP contribution in [0.2, 0.25) is 5.02 Å². The van der Waals surface area contributed by atoms with E-state index in [4.69, 9.17) is 16.6 Å². The Morgan fingerprint density at radius 1 is 0.958 bits per heavy atom. The van der Waals surface area contributed by atoms with Gasteiger partial charge in [0.25, 0.3) is 5.91 Å². The number of nitrogens with zero attached hydrogens (tertiary/aromatic N) is 4. The molecule has 4 aromatic rings. The average Bonchev–Trinajstić information content (AvgIpc) is 3.56. The third-order valence-electron chi connectivity index (χ3n) is 11.2. The first-order valence-corrected chi connectivity index (χ1v) is 19.4. The molecule has 3 fully saturated rings. The van der Waals surface area contributed by atoms with Gasteiger partial charge < -0.3 is 9.47 Å². The number of aromatic nitrogens is 2. The molecule has 10 heteroatoms. The quantitative estimate of drug-likeness (QED) is 0.192. The van der Waals surface area contributed by atoms with Crippen LogP contribution in [0, 0.1) is 6.92 Å². The number of imidazole rings is 1.